The summed E-state index contributed by atoms with van der Waals surface area (Å²) in [4.78, 5) is 9.69. The van der Waals surface area contributed by atoms with Gasteiger partial charge in [-0.2, -0.15) is 83.4 Å². The molecule has 0 spiro atoms. The summed E-state index contributed by atoms with van der Waals surface area (Å²) in [5, 5.41) is 9.69. The van der Waals surface area contributed by atoms with Crippen LogP contribution in [0.2, 0.25) is 0 Å². The molecule has 0 bridgehead atoms. The predicted octanol–water partition coefficient (Wildman–Crippen LogP) is 1.38. The van der Waals surface area contributed by atoms with Crippen LogP contribution in [-0.2, 0) is 4.79 Å². The average molecular weight is 646 g/mol. The molecule has 0 fully saturated rings. The second-order valence-electron chi connectivity index (χ2n) is 5.38. The first kappa shape index (κ1) is 34.4. The summed E-state index contributed by atoms with van der Waals surface area (Å²) in [6.07, 6.45) is -7.96. The zero-order valence-electron chi connectivity index (χ0n) is 14.0. The smallest absolute Gasteiger partial charge is 0.544 e. The van der Waals surface area contributed by atoms with Gasteiger partial charge < -0.3 is 9.90 Å². The number of carbonyl (C=O) groups excluding carboxylic acids is 1. The molecule has 0 N–H and O–H groups in total. The zero-order chi connectivity index (χ0) is 26.1. The van der Waals surface area contributed by atoms with E-state index in [2.05, 4.69) is 0 Å². The van der Waals surface area contributed by atoms with Crippen LogP contribution in [0.4, 0.5) is 83.4 Å². The predicted molar refractivity (Wildman–Crippen MR) is 50.6 cm³/mol. The van der Waals surface area contributed by atoms with E-state index < -0.39 is 59.5 Å². The first-order chi connectivity index (χ1) is 12.9. The van der Waals surface area contributed by atoms with Crippen LogP contribution in [0.3, 0.4) is 0 Å². The van der Waals surface area contributed by atoms with E-state index >= 15 is 0 Å². The maximum atomic E-state index is 13.1. The Morgan fingerprint density at radius 1 is 0.406 bits per heavy atom. The Balaban J connectivity index is 0. The normalized spacial score (nSPS) is 16.0. The van der Waals surface area contributed by atoms with Gasteiger partial charge >= 0.3 is 122 Å². The zero-order valence-corrected chi connectivity index (χ0v) is 20.3. The summed E-state index contributed by atoms with van der Waals surface area (Å²) < 4.78 is 241. The van der Waals surface area contributed by atoms with Crippen molar-refractivity contribution in [2.75, 3.05) is 0 Å². The number of carbonyl (C=O) groups is 1. The average Bonchev–Trinajstić information content (AvgIpc) is 2.52. The summed E-state index contributed by atoms with van der Waals surface area (Å²) in [6, 6.07) is 0. The number of carboxylic acid groups (broad SMARTS) is 1. The van der Waals surface area contributed by atoms with Gasteiger partial charge in [0.1, 0.15) is 5.97 Å². The van der Waals surface area contributed by atoms with E-state index in [1.807, 2.05) is 0 Å². The summed E-state index contributed by atoms with van der Waals surface area (Å²) in [7, 11) is 0. The van der Waals surface area contributed by atoms with E-state index in [-0.39, 0.29) is 68.9 Å². The number of halogens is 19. The molecule has 0 aliphatic carbocycles. The Hall–Kier alpha value is 0.192. The van der Waals surface area contributed by atoms with E-state index in [1.54, 1.807) is 0 Å². The van der Waals surface area contributed by atoms with Crippen LogP contribution in [0.25, 0.3) is 0 Å². The van der Waals surface area contributed by atoms with Gasteiger partial charge in [-0.1, -0.05) is 0 Å². The number of hydrogen-bond donors (Lipinski definition) is 0. The Morgan fingerprint density at radius 3 is 0.781 bits per heavy atom. The molecular formula is C10CsF19O2. The SMILES string of the molecule is O=C([O-])C(F)(F)C(F)(F)C(F)(F)C(F)(F)C(F)(F)C(F)(F)C(F)(F)C(F)(F)C(F)(F)F.[Cs+]. The third kappa shape index (κ3) is 4.21. The quantitative estimate of drug-likeness (QED) is 0.375. The van der Waals surface area contributed by atoms with Crippen LogP contribution in [0.1, 0.15) is 0 Å². The Labute approximate surface area is 219 Å². The molecule has 0 atom stereocenters. The van der Waals surface area contributed by atoms with Gasteiger partial charge in [0, 0.05) is 0 Å². The van der Waals surface area contributed by atoms with Gasteiger partial charge in [-0.25, -0.2) is 0 Å². The molecule has 2 nitrogen and oxygen atoms in total. The number of hydrogen-bond acceptors (Lipinski definition) is 2. The minimum atomic E-state index is -9.08. The van der Waals surface area contributed by atoms with E-state index in [1.165, 1.54) is 0 Å². The minimum Gasteiger partial charge on any atom is -0.544 e. The van der Waals surface area contributed by atoms with E-state index in [4.69, 9.17) is 0 Å². The second-order valence-corrected chi connectivity index (χ2v) is 5.38. The van der Waals surface area contributed by atoms with Crippen molar-refractivity contribution in [1.29, 1.82) is 0 Å². The first-order valence-electron chi connectivity index (χ1n) is 6.25. The first-order valence-corrected chi connectivity index (χ1v) is 6.25. The van der Waals surface area contributed by atoms with Crippen molar-refractivity contribution in [1.82, 2.24) is 0 Å². The molecule has 0 saturated carbocycles. The van der Waals surface area contributed by atoms with Crippen LogP contribution in [-0.4, -0.2) is 59.5 Å². The van der Waals surface area contributed by atoms with Crippen molar-refractivity contribution in [3.63, 3.8) is 0 Å². The topological polar surface area (TPSA) is 40.1 Å². The van der Waals surface area contributed by atoms with Gasteiger partial charge in [-0.3, -0.25) is 0 Å². The number of alkyl halides is 19. The van der Waals surface area contributed by atoms with Crippen LogP contribution in [0.15, 0.2) is 0 Å². The van der Waals surface area contributed by atoms with Crippen molar-refractivity contribution in [2.24, 2.45) is 0 Å². The summed E-state index contributed by atoms with van der Waals surface area (Å²) in [6.45, 7) is 0. The molecule has 0 aromatic heterocycles. The van der Waals surface area contributed by atoms with Gasteiger partial charge in [0.2, 0.25) is 0 Å². The van der Waals surface area contributed by atoms with Crippen LogP contribution >= 0.6 is 0 Å². The molecule has 0 heterocycles. The molecule has 0 aliphatic rings. The Bertz CT molecular complexity index is 707. The van der Waals surface area contributed by atoms with Crippen molar-refractivity contribution in [3.8, 4) is 0 Å². The molecule has 0 radical (unpaired) electrons. The van der Waals surface area contributed by atoms with Crippen molar-refractivity contribution >= 4 is 5.97 Å². The summed E-state index contributed by atoms with van der Waals surface area (Å²) >= 11 is 0. The number of rotatable bonds is 8. The third-order valence-electron chi connectivity index (χ3n) is 3.37. The third-order valence-corrected chi connectivity index (χ3v) is 3.37. The van der Waals surface area contributed by atoms with Crippen molar-refractivity contribution in [3.05, 3.63) is 0 Å². The summed E-state index contributed by atoms with van der Waals surface area (Å²) in [5.41, 5.74) is 0. The molecule has 0 rings (SSSR count). The van der Waals surface area contributed by atoms with E-state index in [0.29, 0.717) is 0 Å². The summed E-state index contributed by atoms with van der Waals surface area (Å²) in [5.74, 6) is -73.8. The molecule has 0 aliphatic heterocycles. The van der Waals surface area contributed by atoms with Crippen LogP contribution in [0.5, 0.6) is 0 Å². The monoisotopic (exact) mass is 646 g/mol. The molecule has 0 aromatic carbocycles. The standard InChI is InChI=1S/C10HF19O2.Cs/c11-2(12,1(30)31)3(13,14)4(15,16)5(17,18)6(19,20)7(21,22)8(23,24)9(25,26)10(27,28)29;/h(H,30,31);/q;+1/p-1. The fourth-order valence-corrected chi connectivity index (χ4v) is 1.49. The Morgan fingerprint density at radius 2 is 0.594 bits per heavy atom. The van der Waals surface area contributed by atoms with E-state index in [0.717, 1.165) is 0 Å². The van der Waals surface area contributed by atoms with Crippen LogP contribution < -0.4 is 74.0 Å². The van der Waals surface area contributed by atoms with Gasteiger partial charge in [0.05, 0.1) is 0 Å². The van der Waals surface area contributed by atoms with Crippen molar-refractivity contribution < 1.29 is 162 Å². The molecule has 32 heavy (non-hydrogen) atoms. The van der Waals surface area contributed by atoms with Crippen LogP contribution in [0, 0.1) is 0 Å². The molecule has 0 unspecified atom stereocenters. The second kappa shape index (κ2) is 8.69. The molecule has 0 saturated heterocycles. The molecule has 0 amide bonds. The number of aliphatic carboxylic acids is 1. The van der Waals surface area contributed by atoms with Gasteiger partial charge in [0.25, 0.3) is 0 Å². The minimum absolute atomic E-state index is 0. The van der Waals surface area contributed by atoms with Crippen molar-refractivity contribution in [2.45, 2.75) is 53.6 Å². The van der Waals surface area contributed by atoms with Gasteiger partial charge in [0.15, 0.2) is 0 Å². The molecule has 22 heteroatoms. The Kier molecular flexibility index (Phi) is 9.33. The molecule has 0 aromatic rings. The fourth-order valence-electron chi connectivity index (χ4n) is 1.49. The van der Waals surface area contributed by atoms with Gasteiger partial charge in [-0.05, 0) is 0 Å². The van der Waals surface area contributed by atoms with Gasteiger partial charge in [-0.15, -0.1) is 0 Å². The maximum Gasteiger partial charge on any atom is 1.00 e. The van der Waals surface area contributed by atoms with E-state index in [9.17, 15) is 93.3 Å². The number of carboxylic acids is 1. The fraction of sp³-hybridized carbons (Fsp3) is 0.900. The molecule has 186 valence electrons. The molecular weight excluding hydrogens is 646 g/mol. The maximum absolute atomic E-state index is 13.1. The largest absolute Gasteiger partial charge is 1.00 e.